The predicted octanol–water partition coefficient (Wildman–Crippen LogP) is 0.662. The van der Waals surface area contributed by atoms with Crippen LogP contribution in [0, 0.1) is 5.92 Å². The Morgan fingerprint density at radius 2 is 1.74 bits per heavy atom. The van der Waals surface area contributed by atoms with Crippen LogP contribution < -0.4 is 30.1 Å². The van der Waals surface area contributed by atoms with Gasteiger partial charge in [0.2, 0.25) is 21.8 Å². The number of urea groups is 1. The summed E-state index contributed by atoms with van der Waals surface area (Å²) in [6.45, 7) is -0.192. The summed E-state index contributed by atoms with van der Waals surface area (Å²) in [5.41, 5.74) is 0.468. The first-order chi connectivity index (χ1) is 14.7. The van der Waals surface area contributed by atoms with Crippen LogP contribution in [0.4, 0.5) is 16.2 Å². The van der Waals surface area contributed by atoms with Crippen molar-refractivity contribution in [2.24, 2.45) is 11.1 Å². The second kappa shape index (κ2) is 8.62. The first kappa shape index (κ1) is 22.1. The number of nitrogens with zero attached hydrogens (tertiary/aromatic N) is 1. The zero-order valence-electron chi connectivity index (χ0n) is 16.6. The molecule has 1 fully saturated rings. The molecule has 2 aromatic carbocycles. The van der Waals surface area contributed by atoms with E-state index in [0.29, 0.717) is 11.5 Å². The highest BCUT2D eigenvalue weighted by Gasteiger charge is 2.39. The predicted molar refractivity (Wildman–Crippen MR) is 110 cm³/mol. The summed E-state index contributed by atoms with van der Waals surface area (Å²) in [5, 5.41) is 10.1. The minimum absolute atomic E-state index is 0.119. The maximum atomic E-state index is 12.9. The van der Waals surface area contributed by atoms with Gasteiger partial charge in [-0.2, -0.15) is 0 Å². The molecule has 12 heteroatoms. The molecule has 0 aromatic heterocycles. The molecule has 1 aliphatic rings. The van der Waals surface area contributed by atoms with Gasteiger partial charge in [0.1, 0.15) is 5.92 Å². The Morgan fingerprint density at radius 1 is 1.10 bits per heavy atom. The van der Waals surface area contributed by atoms with Crippen molar-refractivity contribution < 1.29 is 32.3 Å². The molecule has 3 rings (SSSR count). The smallest absolute Gasteiger partial charge is 0.328 e. The van der Waals surface area contributed by atoms with Gasteiger partial charge in [0, 0.05) is 18.3 Å². The Kier molecular flexibility index (Phi) is 6.13. The fraction of sp³-hybridized carbons (Fsp3) is 0.211. The minimum Gasteiger partial charge on any atom is -0.493 e. The van der Waals surface area contributed by atoms with Gasteiger partial charge >= 0.3 is 6.03 Å². The topological polar surface area (TPSA) is 157 Å². The Hall–Kier alpha value is -3.64. The first-order valence-corrected chi connectivity index (χ1v) is 10.5. The van der Waals surface area contributed by atoms with E-state index in [-0.39, 0.29) is 22.8 Å². The maximum Gasteiger partial charge on any atom is 0.328 e. The summed E-state index contributed by atoms with van der Waals surface area (Å²) in [5.74, 6) is -1.88. The van der Waals surface area contributed by atoms with Crippen LogP contribution in [-0.4, -0.2) is 47.0 Å². The average Bonchev–Trinajstić information content (AvgIpc) is 2.73. The van der Waals surface area contributed by atoms with Gasteiger partial charge in [0.25, 0.3) is 0 Å². The summed E-state index contributed by atoms with van der Waals surface area (Å²) < 4.78 is 33.0. The van der Waals surface area contributed by atoms with Crippen molar-refractivity contribution in [3.8, 4) is 11.5 Å². The molecule has 4 N–H and O–H groups in total. The summed E-state index contributed by atoms with van der Waals surface area (Å²) in [4.78, 5) is 38.7. The number of methoxy groups -OCH3 is 2. The van der Waals surface area contributed by atoms with E-state index < -0.39 is 33.8 Å². The van der Waals surface area contributed by atoms with Crippen LogP contribution >= 0.6 is 0 Å². The Balaban J connectivity index is 1.81. The third-order valence-corrected chi connectivity index (χ3v) is 5.50. The van der Waals surface area contributed by atoms with E-state index in [0.717, 1.165) is 4.90 Å². The van der Waals surface area contributed by atoms with Gasteiger partial charge in [-0.05, 0) is 36.4 Å². The number of hydrogen-bond donors (Lipinski definition) is 3. The summed E-state index contributed by atoms with van der Waals surface area (Å²) in [6.07, 6.45) is 0. The standard InChI is InChI=1S/C19H20N4O7S/c1-29-15-8-5-12(9-16(15)30-2)23-18(25)14(10-21-19(23)26)17(24)22-11-3-6-13(7-4-11)31(20,27)28/h3-9,14H,10H2,1-2H3,(H,21,26)(H,22,24)(H2,20,27,28). The molecule has 1 heterocycles. The van der Waals surface area contributed by atoms with Crippen molar-refractivity contribution in [2.45, 2.75) is 4.90 Å². The molecule has 1 atom stereocenters. The number of nitrogens with two attached hydrogens (primary N) is 1. The summed E-state index contributed by atoms with van der Waals surface area (Å²) >= 11 is 0. The van der Waals surface area contributed by atoms with Crippen LogP contribution in [0.5, 0.6) is 11.5 Å². The number of primary sulfonamides is 1. The number of ether oxygens (including phenoxy) is 2. The lowest BCUT2D eigenvalue weighted by Gasteiger charge is -2.31. The number of carbonyl (C=O) groups excluding carboxylic acids is 3. The second-order valence-electron chi connectivity index (χ2n) is 6.51. The van der Waals surface area contributed by atoms with E-state index in [1.54, 1.807) is 0 Å². The van der Waals surface area contributed by atoms with Crippen molar-refractivity contribution in [1.82, 2.24) is 5.32 Å². The highest BCUT2D eigenvalue weighted by molar-refractivity contribution is 7.89. The zero-order chi connectivity index (χ0) is 22.8. The van der Waals surface area contributed by atoms with Crippen LogP contribution in [0.1, 0.15) is 0 Å². The van der Waals surface area contributed by atoms with E-state index >= 15 is 0 Å². The van der Waals surface area contributed by atoms with Crippen molar-refractivity contribution in [3.05, 3.63) is 42.5 Å². The summed E-state index contributed by atoms with van der Waals surface area (Å²) in [6, 6.07) is 8.93. The van der Waals surface area contributed by atoms with Crippen LogP contribution in [0.25, 0.3) is 0 Å². The molecule has 0 spiro atoms. The molecule has 1 aliphatic heterocycles. The number of carbonyl (C=O) groups is 3. The molecule has 4 amide bonds. The molecule has 31 heavy (non-hydrogen) atoms. The van der Waals surface area contributed by atoms with E-state index in [1.807, 2.05) is 0 Å². The minimum atomic E-state index is -3.87. The molecule has 1 unspecified atom stereocenters. The number of amides is 4. The molecule has 0 saturated carbocycles. The number of nitrogens with one attached hydrogen (secondary N) is 2. The molecule has 1 saturated heterocycles. The second-order valence-corrected chi connectivity index (χ2v) is 8.07. The van der Waals surface area contributed by atoms with Gasteiger partial charge in [-0.1, -0.05) is 0 Å². The highest BCUT2D eigenvalue weighted by Crippen LogP contribution is 2.32. The Morgan fingerprint density at radius 3 is 2.32 bits per heavy atom. The number of benzene rings is 2. The van der Waals surface area contributed by atoms with Gasteiger partial charge in [0.05, 0.1) is 24.8 Å². The van der Waals surface area contributed by atoms with E-state index in [1.165, 1.54) is 56.7 Å². The number of rotatable bonds is 6. The van der Waals surface area contributed by atoms with Gasteiger partial charge in [-0.15, -0.1) is 0 Å². The van der Waals surface area contributed by atoms with Crippen molar-refractivity contribution >= 4 is 39.2 Å². The van der Waals surface area contributed by atoms with Crippen molar-refractivity contribution in [3.63, 3.8) is 0 Å². The number of hydrogen-bond acceptors (Lipinski definition) is 7. The highest BCUT2D eigenvalue weighted by atomic mass is 32.2. The van der Waals surface area contributed by atoms with Gasteiger partial charge < -0.3 is 20.1 Å². The fourth-order valence-corrected chi connectivity index (χ4v) is 3.50. The molecule has 164 valence electrons. The van der Waals surface area contributed by atoms with Crippen LogP contribution in [-0.2, 0) is 19.6 Å². The maximum absolute atomic E-state index is 12.9. The normalized spacial score (nSPS) is 16.5. The van der Waals surface area contributed by atoms with E-state index in [2.05, 4.69) is 10.6 Å². The van der Waals surface area contributed by atoms with Gasteiger partial charge in [-0.3, -0.25) is 9.59 Å². The lowest BCUT2D eigenvalue weighted by atomic mass is 10.0. The quantitative estimate of drug-likeness (QED) is 0.548. The molecule has 0 bridgehead atoms. The third-order valence-electron chi connectivity index (χ3n) is 4.57. The van der Waals surface area contributed by atoms with Crippen molar-refractivity contribution in [2.75, 3.05) is 31.0 Å². The molecule has 0 radical (unpaired) electrons. The zero-order valence-corrected chi connectivity index (χ0v) is 17.4. The molecule has 0 aliphatic carbocycles. The van der Waals surface area contributed by atoms with E-state index in [9.17, 15) is 22.8 Å². The number of anilines is 2. The van der Waals surface area contributed by atoms with E-state index in [4.69, 9.17) is 14.6 Å². The average molecular weight is 448 g/mol. The van der Waals surface area contributed by atoms with Crippen molar-refractivity contribution in [1.29, 1.82) is 0 Å². The number of imide groups is 1. The van der Waals surface area contributed by atoms with Crippen LogP contribution in [0.2, 0.25) is 0 Å². The lowest BCUT2D eigenvalue weighted by Crippen LogP contribution is -2.58. The van der Waals surface area contributed by atoms with Gasteiger partial charge in [0.15, 0.2) is 11.5 Å². The van der Waals surface area contributed by atoms with Crippen LogP contribution in [0.15, 0.2) is 47.4 Å². The molecule has 2 aromatic rings. The summed E-state index contributed by atoms with van der Waals surface area (Å²) in [7, 11) is -1.01. The SMILES string of the molecule is COc1ccc(N2C(=O)NCC(C(=O)Nc3ccc(S(N)(=O)=O)cc3)C2=O)cc1OC. The number of sulfonamides is 1. The Bertz CT molecular complexity index is 1130. The first-order valence-electron chi connectivity index (χ1n) is 8.93. The van der Waals surface area contributed by atoms with Gasteiger partial charge in [-0.25, -0.2) is 23.3 Å². The third kappa shape index (κ3) is 4.59. The molecular formula is C19H20N4O7S. The Labute approximate surface area is 178 Å². The lowest BCUT2D eigenvalue weighted by molar-refractivity contribution is -0.130. The fourth-order valence-electron chi connectivity index (χ4n) is 2.98. The van der Waals surface area contributed by atoms with Crippen LogP contribution in [0.3, 0.4) is 0 Å². The largest absolute Gasteiger partial charge is 0.493 e. The monoisotopic (exact) mass is 448 g/mol. The molecular weight excluding hydrogens is 428 g/mol. The molecule has 11 nitrogen and oxygen atoms in total.